The van der Waals surface area contributed by atoms with E-state index in [4.69, 9.17) is 4.74 Å². The van der Waals surface area contributed by atoms with Gasteiger partial charge in [0.1, 0.15) is 0 Å². The van der Waals surface area contributed by atoms with Crippen molar-refractivity contribution in [3.63, 3.8) is 0 Å². The highest BCUT2D eigenvalue weighted by molar-refractivity contribution is 5.12. The van der Waals surface area contributed by atoms with Gasteiger partial charge in [0.25, 0.3) is 0 Å². The van der Waals surface area contributed by atoms with Crippen molar-refractivity contribution in [1.82, 2.24) is 10.3 Å². The predicted octanol–water partition coefficient (Wildman–Crippen LogP) is 2.17. The molecule has 1 heterocycles. The first-order valence-corrected chi connectivity index (χ1v) is 8.64. The molecule has 0 bridgehead atoms. The summed E-state index contributed by atoms with van der Waals surface area (Å²) in [6.07, 6.45) is 8.14. The van der Waals surface area contributed by atoms with E-state index in [-0.39, 0.29) is 12.5 Å². The minimum atomic E-state index is 0.207. The second-order valence-corrected chi connectivity index (χ2v) is 6.80. The van der Waals surface area contributed by atoms with E-state index in [1.807, 2.05) is 24.4 Å². The maximum atomic E-state index is 9.64. The molecule has 2 aliphatic rings. The maximum Gasteiger partial charge on any atom is 0.0661 e. The van der Waals surface area contributed by atoms with Crippen molar-refractivity contribution in [3.8, 4) is 0 Å². The Hall–Kier alpha value is -0.970. The Morgan fingerprint density at radius 1 is 1.45 bits per heavy atom. The summed E-state index contributed by atoms with van der Waals surface area (Å²) < 4.78 is 5.90. The molecule has 2 N–H and O–H groups in total. The first-order valence-electron chi connectivity index (χ1n) is 8.64. The van der Waals surface area contributed by atoms with E-state index in [0.29, 0.717) is 17.6 Å². The topological polar surface area (TPSA) is 54.4 Å². The maximum absolute atomic E-state index is 9.64. The zero-order chi connectivity index (χ0) is 15.4. The molecule has 1 aromatic rings. The van der Waals surface area contributed by atoms with Crippen molar-refractivity contribution in [2.45, 2.75) is 51.2 Å². The quantitative estimate of drug-likeness (QED) is 0.773. The molecule has 122 valence electrons. The molecule has 0 radical (unpaired) electrons. The van der Waals surface area contributed by atoms with Gasteiger partial charge in [0, 0.05) is 43.1 Å². The number of aromatic nitrogens is 1. The van der Waals surface area contributed by atoms with E-state index in [0.717, 1.165) is 31.7 Å². The van der Waals surface area contributed by atoms with Crippen molar-refractivity contribution in [2.24, 2.45) is 11.3 Å². The molecular weight excluding hydrogens is 276 g/mol. The number of hydrogen-bond donors (Lipinski definition) is 2. The van der Waals surface area contributed by atoms with Crippen LogP contribution < -0.4 is 5.32 Å². The van der Waals surface area contributed by atoms with Crippen molar-refractivity contribution in [1.29, 1.82) is 0 Å². The molecule has 0 aromatic carbocycles. The Kier molecular flexibility index (Phi) is 5.11. The average molecular weight is 304 g/mol. The van der Waals surface area contributed by atoms with Crippen molar-refractivity contribution >= 4 is 0 Å². The van der Waals surface area contributed by atoms with Gasteiger partial charge in [-0.2, -0.15) is 0 Å². The molecule has 3 rings (SSSR count). The summed E-state index contributed by atoms with van der Waals surface area (Å²) in [5.74, 6) is 0.234. The summed E-state index contributed by atoms with van der Waals surface area (Å²) in [4.78, 5) is 4.36. The first-order chi connectivity index (χ1) is 10.8. The third-order valence-electron chi connectivity index (χ3n) is 5.57. The van der Waals surface area contributed by atoms with E-state index in [1.165, 1.54) is 19.3 Å². The molecule has 3 atom stereocenters. The fourth-order valence-corrected chi connectivity index (χ4v) is 4.05. The van der Waals surface area contributed by atoms with Crippen molar-refractivity contribution in [3.05, 3.63) is 30.1 Å². The highest BCUT2D eigenvalue weighted by atomic mass is 16.5. The van der Waals surface area contributed by atoms with Crippen LogP contribution in [-0.2, 0) is 11.2 Å². The molecule has 3 unspecified atom stereocenters. The van der Waals surface area contributed by atoms with Crippen molar-refractivity contribution in [2.75, 3.05) is 19.8 Å². The van der Waals surface area contributed by atoms with E-state index < -0.39 is 0 Å². The number of ether oxygens (including phenoxy) is 1. The van der Waals surface area contributed by atoms with Gasteiger partial charge >= 0.3 is 0 Å². The fourth-order valence-electron chi connectivity index (χ4n) is 4.05. The minimum absolute atomic E-state index is 0.207. The lowest BCUT2D eigenvalue weighted by Crippen LogP contribution is -2.67. The smallest absolute Gasteiger partial charge is 0.0661 e. The third kappa shape index (κ3) is 3.05. The van der Waals surface area contributed by atoms with Gasteiger partial charge in [0.15, 0.2) is 0 Å². The molecule has 0 saturated heterocycles. The molecule has 0 aliphatic heterocycles. The molecule has 22 heavy (non-hydrogen) atoms. The first kappa shape index (κ1) is 15.9. The molecule has 2 fully saturated rings. The average Bonchev–Trinajstić information content (AvgIpc) is 2.48. The van der Waals surface area contributed by atoms with Gasteiger partial charge in [-0.1, -0.05) is 12.5 Å². The lowest BCUT2D eigenvalue weighted by Gasteiger charge is -2.61. The second-order valence-electron chi connectivity index (χ2n) is 6.80. The van der Waals surface area contributed by atoms with Gasteiger partial charge in [0.2, 0.25) is 0 Å². The summed E-state index contributed by atoms with van der Waals surface area (Å²) in [5, 5.41) is 13.3. The fraction of sp³-hybridized carbons (Fsp3) is 0.722. The van der Waals surface area contributed by atoms with Gasteiger partial charge < -0.3 is 15.2 Å². The van der Waals surface area contributed by atoms with Gasteiger partial charge in [-0.15, -0.1) is 0 Å². The predicted molar refractivity (Wildman–Crippen MR) is 86.6 cm³/mol. The molecule has 4 nitrogen and oxygen atoms in total. The highest BCUT2D eigenvalue weighted by Crippen LogP contribution is 2.57. The summed E-state index contributed by atoms with van der Waals surface area (Å²) in [7, 11) is 0. The van der Waals surface area contributed by atoms with E-state index in [1.54, 1.807) is 0 Å². The zero-order valence-corrected chi connectivity index (χ0v) is 13.5. The van der Waals surface area contributed by atoms with Crippen LogP contribution in [0.15, 0.2) is 24.4 Å². The van der Waals surface area contributed by atoms with Crippen LogP contribution in [0, 0.1) is 11.3 Å². The second kappa shape index (κ2) is 7.07. The Morgan fingerprint density at radius 3 is 2.91 bits per heavy atom. The monoisotopic (exact) mass is 304 g/mol. The van der Waals surface area contributed by atoms with Crippen LogP contribution in [0.5, 0.6) is 0 Å². The summed E-state index contributed by atoms with van der Waals surface area (Å²) in [6, 6.07) is 6.53. The Morgan fingerprint density at radius 2 is 2.32 bits per heavy atom. The third-order valence-corrected chi connectivity index (χ3v) is 5.57. The largest absolute Gasteiger partial charge is 0.396 e. The van der Waals surface area contributed by atoms with E-state index in [9.17, 15) is 5.11 Å². The zero-order valence-electron chi connectivity index (χ0n) is 13.5. The van der Waals surface area contributed by atoms with E-state index in [2.05, 4.69) is 17.2 Å². The number of pyridine rings is 1. The summed E-state index contributed by atoms with van der Waals surface area (Å²) in [5.41, 5.74) is 1.45. The Bertz CT molecular complexity index is 461. The number of aliphatic hydroxyl groups excluding tert-OH is 1. The van der Waals surface area contributed by atoms with Crippen LogP contribution in [0.1, 0.15) is 38.3 Å². The summed E-state index contributed by atoms with van der Waals surface area (Å²) >= 11 is 0. The van der Waals surface area contributed by atoms with Gasteiger partial charge in [-0.25, -0.2) is 0 Å². The van der Waals surface area contributed by atoms with Gasteiger partial charge in [0.05, 0.1) is 6.10 Å². The molecule has 2 aliphatic carbocycles. The number of nitrogens with zero attached hydrogens (tertiary/aromatic N) is 1. The van der Waals surface area contributed by atoms with Crippen LogP contribution in [0.2, 0.25) is 0 Å². The molecule has 1 aromatic heterocycles. The minimum Gasteiger partial charge on any atom is -0.396 e. The molecule has 4 heteroatoms. The molecule has 2 saturated carbocycles. The number of nitrogens with one attached hydrogen (secondary N) is 1. The number of aliphatic hydroxyl groups is 1. The van der Waals surface area contributed by atoms with Crippen molar-refractivity contribution < 1.29 is 9.84 Å². The Balaban J connectivity index is 1.49. The lowest BCUT2D eigenvalue weighted by atomic mass is 9.51. The van der Waals surface area contributed by atoms with Crippen LogP contribution in [0.4, 0.5) is 0 Å². The van der Waals surface area contributed by atoms with Crippen LogP contribution in [0.3, 0.4) is 0 Å². The van der Waals surface area contributed by atoms with Gasteiger partial charge in [-0.05, 0) is 50.7 Å². The van der Waals surface area contributed by atoms with Crippen LogP contribution in [0.25, 0.3) is 0 Å². The molecule has 0 amide bonds. The molecule has 1 spiro atoms. The number of rotatable bonds is 8. The normalized spacial score (nSPS) is 27.2. The van der Waals surface area contributed by atoms with Crippen LogP contribution in [-0.4, -0.2) is 42.0 Å². The SMILES string of the molecule is CCOC1CC(NCC(CO)Cc2ccccn2)C12CCC2. The lowest BCUT2D eigenvalue weighted by molar-refractivity contribution is -0.173. The standard InChI is InChI=1S/C18H28N2O2/c1-2-22-17-11-16(18(17)7-5-8-18)20-12-14(13-21)10-15-6-3-4-9-19-15/h3-4,6,9,14,16-17,20-21H,2,5,7-8,10-13H2,1H3. The highest BCUT2D eigenvalue weighted by Gasteiger charge is 2.58. The summed E-state index contributed by atoms with van der Waals surface area (Å²) in [6.45, 7) is 3.97. The number of hydrogen-bond acceptors (Lipinski definition) is 4. The molecular formula is C18H28N2O2. The van der Waals surface area contributed by atoms with E-state index >= 15 is 0 Å². The Labute approximate surface area is 133 Å². The van der Waals surface area contributed by atoms with Crippen LogP contribution >= 0.6 is 0 Å². The van der Waals surface area contributed by atoms with Gasteiger partial charge in [-0.3, -0.25) is 4.98 Å².